The van der Waals surface area contributed by atoms with Crippen LogP contribution in [0.1, 0.15) is 18.4 Å². The molecule has 1 aromatic rings. The Kier molecular flexibility index (Phi) is 5.08. The predicted octanol–water partition coefficient (Wildman–Crippen LogP) is 0.520. The molecule has 1 N–H and O–H groups in total. The average molecular weight is 368 g/mol. The lowest BCUT2D eigenvalue weighted by atomic mass is 10.1. The summed E-state index contributed by atoms with van der Waals surface area (Å²) >= 11 is 0. The standard InChI is InChI=1S/C17H21FN2O4S/c18-14-3-1-12(2-4-14)5-7-20-10-13(9-16(20)21)17(22)19-15-6-8-25(23,24)11-15/h1-4,13,15H,5-11H2,(H,19,22). The zero-order valence-electron chi connectivity index (χ0n) is 13.8. The van der Waals surface area contributed by atoms with Gasteiger partial charge in [-0.05, 0) is 30.5 Å². The van der Waals surface area contributed by atoms with E-state index in [4.69, 9.17) is 0 Å². The molecule has 3 rings (SSSR count). The van der Waals surface area contributed by atoms with Crippen LogP contribution in [0.3, 0.4) is 0 Å². The Balaban J connectivity index is 1.49. The first-order chi connectivity index (χ1) is 11.8. The van der Waals surface area contributed by atoms with Gasteiger partial charge in [0.15, 0.2) is 9.84 Å². The summed E-state index contributed by atoms with van der Waals surface area (Å²) < 4.78 is 35.8. The van der Waals surface area contributed by atoms with Crippen molar-refractivity contribution in [2.45, 2.75) is 25.3 Å². The van der Waals surface area contributed by atoms with Crippen LogP contribution < -0.4 is 5.32 Å². The van der Waals surface area contributed by atoms with Crippen LogP contribution in [0, 0.1) is 11.7 Å². The topological polar surface area (TPSA) is 83.5 Å². The molecule has 2 unspecified atom stereocenters. The molecule has 2 heterocycles. The minimum absolute atomic E-state index is 0.0202. The third kappa shape index (κ3) is 4.56. The minimum Gasteiger partial charge on any atom is -0.352 e. The molecular weight excluding hydrogens is 347 g/mol. The van der Waals surface area contributed by atoms with Crippen molar-refractivity contribution in [2.75, 3.05) is 24.6 Å². The van der Waals surface area contributed by atoms with Gasteiger partial charge in [0.25, 0.3) is 0 Å². The van der Waals surface area contributed by atoms with E-state index in [2.05, 4.69) is 5.32 Å². The van der Waals surface area contributed by atoms with Crippen LogP contribution in [0.25, 0.3) is 0 Å². The molecule has 0 aromatic heterocycles. The zero-order valence-corrected chi connectivity index (χ0v) is 14.6. The molecule has 2 fully saturated rings. The van der Waals surface area contributed by atoms with Gasteiger partial charge in [-0.25, -0.2) is 12.8 Å². The first-order valence-corrected chi connectivity index (χ1v) is 10.2. The lowest BCUT2D eigenvalue weighted by Crippen LogP contribution is -2.40. The maximum absolute atomic E-state index is 12.9. The summed E-state index contributed by atoms with van der Waals surface area (Å²) in [6, 6.07) is 5.78. The number of likely N-dealkylation sites (tertiary alicyclic amines) is 1. The second-order valence-electron chi connectivity index (χ2n) is 6.73. The molecule has 0 bridgehead atoms. The van der Waals surface area contributed by atoms with Gasteiger partial charge in [-0.1, -0.05) is 12.1 Å². The van der Waals surface area contributed by atoms with Crippen LogP contribution in [-0.2, 0) is 25.8 Å². The highest BCUT2D eigenvalue weighted by molar-refractivity contribution is 7.91. The van der Waals surface area contributed by atoms with Crippen LogP contribution >= 0.6 is 0 Å². The van der Waals surface area contributed by atoms with Crippen molar-refractivity contribution >= 4 is 21.7 Å². The summed E-state index contributed by atoms with van der Waals surface area (Å²) in [5.74, 6) is -0.990. The highest BCUT2D eigenvalue weighted by atomic mass is 32.2. The number of nitrogens with zero attached hydrogens (tertiary/aromatic N) is 1. The summed E-state index contributed by atoms with van der Waals surface area (Å²) in [4.78, 5) is 26.0. The predicted molar refractivity (Wildman–Crippen MR) is 90.0 cm³/mol. The highest BCUT2D eigenvalue weighted by Crippen LogP contribution is 2.20. The lowest BCUT2D eigenvalue weighted by molar-refractivity contribution is -0.129. The monoisotopic (exact) mass is 368 g/mol. The van der Waals surface area contributed by atoms with Gasteiger partial charge in [0, 0.05) is 25.6 Å². The Morgan fingerprint density at radius 1 is 1.28 bits per heavy atom. The number of rotatable bonds is 5. The molecule has 8 heteroatoms. The number of benzene rings is 1. The van der Waals surface area contributed by atoms with Crippen molar-refractivity contribution < 1.29 is 22.4 Å². The molecule has 136 valence electrons. The molecule has 6 nitrogen and oxygen atoms in total. The fraction of sp³-hybridized carbons (Fsp3) is 0.529. The number of carbonyl (C=O) groups is 2. The van der Waals surface area contributed by atoms with Gasteiger partial charge in [0.1, 0.15) is 5.82 Å². The van der Waals surface area contributed by atoms with Gasteiger partial charge in [-0.3, -0.25) is 9.59 Å². The summed E-state index contributed by atoms with van der Waals surface area (Å²) in [7, 11) is -3.05. The minimum atomic E-state index is -3.05. The quantitative estimate of drug-likeness (QED) is 0.821. The fourth-order valence-electron chi connectivity index (χ4n) is 3.31. The molecule has 0 saturated carbocycles. The first kappa shape index (κ1) is 17.8. The van der Waals surface area contributed by atoms with Gasteiger partial charge in [-0.15, -0.1) is 0 Å². The van der Waals surface area contributed by atoms with Crippen molar-refractivity contribution in [1.82, 2.24) is 10.2 Å². The molecule has 2 aliphatic rings. The Morgan fingerprint density at radius 2 is 2.00 bits per heavy atom. The molecular formula is C17H21FN2O4S. The normalized spacial score (nSPS) is 25.3. The van der Waals surface area contributed by atoms with E-state index >= 15 is 0 Å². The van der Waals surface area contributed by atoms with Crippen LogP contribution in [-0.4, -0.2) is 55.8 Å². The lowest BCUT2D eigenvalue weighted by Gasteiger charge is -2.17. The third-order valence-corrected chi connectivity index (χ3v) is 6.52. The number of hydrogen-bond acceptors (Lipinski definition) is 4. The number of hydrogen-bond donors (Lipinski definition) is 1. The van der Waals surface area contributed by atoms with Gasteiger partial charge >= 0.3 is 0 Å². The summed E-state index contributed by atoms with van der Waals surface area (Å²) in [5, 5.41) is 2.76. The van der Waals surface area contributed by atoms with Crippen molar-refractivity contribution in [3.63, 3.8) is 0 Å². The Labute approximate surface area is 146 Å². The molecule has 0 aliphatic carbocycles. The van der Waals surface area contributed by atoms with Crippen LogP contribution in [0.15, 0.2) is 24.3 Å². The van der Waals surface area contributed by atoms with E-state index in [9.17, 15) is 22.4 Å². The first-order valence-electron chi connectivity index (χ1n) is 8.35. The van der Waals surface area contributed by atoms with Crippen LogP contribution in [0.4, 0.5) is 4.39 Å². The highest BCUT2D eigenvalue weighted by Gasteiger charge is 2.36. The molecule has 0 spiro atoms. The van der Waals surface area contributed by atoms with E-state index in [-0.39, 0.29) is 41.6 Å². The number of halogens is 1. The van der Waals surface area contributed by atoms with E-state index < -0.39 is 15.8 Å². The van der Waals surface area contributed by atoms with E-state index in [0.29, 0.717) is 25.9 Å². The van der Waals surface area contributed by atoms with Gasteiger partial charge in [0.2, 0.25) is 11.8 Å². The maximum Gasteiger partial charge on any atom is 0.225 e. The van der Waals surface area contributed by atoms with Crippen molar-refractivity contribution in [1.29, 1.82) is 0 Å². The smallest absolute Gasteiger partial charge is 0.225 e. The second kappa shape index (κ2) is 7.11. The van der Waals surface area contributed by atoms with E-state index in [1.54, 1.807) is 17.0 Å². The number of sulfone groups is 1. The van der Waals surface area contributed by atoms with Gasteiger partial charge in [-0.2, -0.15) is 0 Å². The number of amides is 2. The molecule has 2 saturated heterocycles. The molecule has 2 aliphatic heterocycles. The van der Waals surface area contributed by atoms with E-state index in [0.717, 1.165) is 5.56 Å². The molecule has 0 radical (unpaired) electrons. The zero-order chi connectivity index (χ0) is 18.0. The van der Waals surface area contributed by atoms with Crippen LogP contribution in [0.5, 0.6) is 0 Å². The third-order valence-electron chi connectivity index (χ3n) is 4.75. The molecule has 2 amide bonds. The maximum atomic E-state index is 12.9. The average Bonchev–Trinajstić information content (AvgIpc) is 3.09. The van der Waals surface area contributed by atoms with Crippen molar-refractivity contribution in [3.8, 4) is 0 Å². The van der Waals surface area contributed by atoms with Crippen molar-refractivity contribution in [2.24, 2.45) is 5.92 Å². The van der Waals surface area contributed by atoms with Gasteiger partial charge < -0.3 is 10.2 Å². The molecule has 1 aromatic carbocycles. The van der Waals surface area contributed by atoms with Crippen molar-refractivity contribution in [3.05, 3.63) is 35.6 Å². The largest absolute Gasteiger partial charge is 0.352 e. The SMILES string of the molecule is O=C(NC1CCS(=O)(=O)C1)C1CC(=O)N(CCc2ccc(F)cc2)C1. The molecule has 2 atom stereocenters. The number of carbonyl (C=O) groups excluding carboxylic acids is 2. The second-order valence-corrected chi connectivity index (χ2v) is 8.95. The Bertz CT molecular complexity index is 763. The Hall–Kier alpha value is -1.96. The van der Waals surface area contributed by atoms with Gasteiger partial charge in [0.05, 0.1) is 17.4 Å². The molecule has 25 heavy (non-hydrogen) atoms. The number of nitrogens with one attached hydrogen (secondary N) is 1. The summed E-state index contributed by atoms with van der Waals surface area (Å²) in [5.41, 5.74) is 0.929. The van der Waals surface area contributed by atoms with E-state index in [1.165, 1.54) is 12.1 Å². The van der Waals surface area contributed by atoms with Crippen LogP contribution in [0.2, 0.25) is 0 Å². The Morgan fingerprint density at radius 3 is 2.64 bits per heavy atom. The van der Waals surface area contributed by atoms with E-state index in [1.807, 2.05) is 0 Å². The fourth-order valence-corrected chi connectivity index (χ4v) is 4.98. The summed E-state index contributed by atoms with van der Waals surface area (Å²) in [6.45, 7) is 0.817. The summed E-state index contributed by atoms with van der Waals surface area (Å²) in [6.07, 6.45) is 1.18.